The third-order valence-electron chi connectivity index (χ3n) is 3.29. The van der Waals surface area contributed by atoms with Crippen LogP contribution in [0.25, 0.3) is 0 Å². The summed E-state index contributed by atoms with van der Waals surface area (Å²) in [6, 6.07) is 1.18. The van der Waals surface area contributed by atoms with Crippen molar-refractivity contribution in [2.75, 3.05) is 6.61 Å². The lowest BCUT2D eigenvalue weighted by Crippen LogP contribution is -2.39. The minimum Gasteiger partial charge on any atom is -0.405 e. The lowest BCUT2D eigenvalue weighted by molar-refractivity contribution is -0.0561. The zero-order valence-electron chi connectivity index (χ0n) is 11.0. The number of allylic oxidation sites excluding steroid dienone is 1. The van der Waals surface area contributed by atoms with Crippen LogP contribution in [0, 0.1) is 0 Å². The van der Waals surface area contributed by atoms with Crippen LogP contribution in [0.4, 0.5) is 0 Å². The van der Waals surface area contributed by atoms with Crippen molar-refractivity contribution in [2.24, 2.45) is 5.73 Å². The lowest BCUT2D eigenvalue weighted by Gasteiger charge is -2.20. The van der Waals surface area contributed by atoms with Gasteiger partial charge in [0, 0.05) is 18.2 Å². The number of nitrogens with one attached hydrogen (secondary N) is 1. The molecule has 1 fully saturated rings. The molecule has 1 aromatic rings. The van der Waals surface area contributed by atoms with E-state index in [0.717, 1.165) is 4.57 Å². The Labute approximate surface area is 118 Å². The summed E-state index contributed by atoms with van der Waals surface area (Å²) in [5.41, 5.74) is 4.13. The van der Waals surface area contributed by atoms with E-state index in [9.17, 15) is 19.8 Å². The summed E-state index contributed by atoms with van der Waals surface area (Å²) >= 11 is 0. The van der Waals surface area contributed by atoms with Crippen LogP contribution in [0.2, 0.25) is 0 Å². The van der Waals surface area contributed by atoms with Gasteiger partial charge in [-0.2, -0.15) is 0 Å². The van der Waals surface area contributed by atoms with Crippen LogP contribution in [0.5, 0.6) is 0 Å². The molecule has 1 aliphatic heterocycles. The second-order valence-corrected chi connectivity index (χ2v) is 4.66. The van der Waals surface area contributed by atoms with Crippen molar-refractivity contribution in [2.45, 2.75) is 31.0 Å². The van der Waals surface area contributed by atoms with Crippen LogP contribution in [0.3, 0.4) is 0 Å². The summed E-state index contributed by atoms with van der Waals surface area (Å²) in [5, 5.41) is 28.8. The maximum Gasteiger partial charge on any atom is 0.330 e. The number of hydrogen-bond donors (Lipinski definition) is 5. The number of nitrogens with two attached hydrogens (primary N) is 1. The summed E-state index contributed by atoms with van der Waals surface area (Å²) in [6.07, 6.45) is -2.02. The van der Waals surface area contributed by atoms with Crippen molar-refractivity contribution in [3.8, 4) is 0 Å². The highest BCUT2D eigenvalue weighted by molar-refractivity contribution is 5.09. The first-order valence-corrected chi connectivity index (χ1v) is 6.33. The highest BCUT2D eigenvalue weighted by Gasteiger charge is 2.44. The van der Waals surface area contributed by atoms with Crippen LogP contribution >= 0.6 is 0 Å². The number of aliphatic hydroxyl groups excluding tert-OH is 3. The number of aromatic nitrogens is 2. The first-order valence-electron chi connectivity index (χ1n) is 6.33. The number of hydrogen-bond acceptors (Lipinski definition) is 7. The predicted molar refractivity (Wildman–Crippen MR) is 71.4 cm³/mol. The highest BCUT2D eigenvalue weighted by atomic mass is 16.6. The minimum absolute atomic E-state index is 0.169. The summed E-state index contributed by atoms with van der Waals surface area (Å²) in [7, 11) is 0. The van der Waals surface area contributed by atoms with E-state index >= 15 is 0 Å². The molecule has 2 rings (SSSR count). The van der Waals surface area contributed by atoms with Gasteiger partial charge >= 0.3 is 5.69 Å². The molecule has 0 spiro atoms. The number of rotatable bonds is 4. The topological polar surface area (TPSA) is 151 Å². The van der Waals surface area contributed by atoms with Crippen LogP contribution < -0.4 is 17.0 Å². The van der Waals surface area contributed by atoms with Crippen molar-refractivity contribution in [1.82, 2.24) is 9.55 Å². The molecule has 4 atom stereocenters. The number of nitrogens with zero attached hydrogens (tertiary/aromatic N) is 1. The fourth-order valence-electron chi connectivity index (χ4n) is 2.27. The lowest BCUT2D eigenvalue weighted by atomic mass is 10.1. The molecule has 0 aliphatic carbocycles. The number of ether oxygens (including phenoxy) is 1. The molecule has 0 unspecified atom stereocenters. The second kappa shape index (κ2) is 6.22. The molecule has 1 aliphatic rings. The molecule has 9 nitrogen and oxygen atoms in total. The van der Waals surface area contributed by atoms with Crippen molar-refractivity contribution in [3.63, 3.8) is 0 Å². The predicted octanol–water partition coefficient (Wildman–Crippen LogP) is -2.84. The molecule has 0 amide bonds. The largest absolute Gasteiger partial charge is 0.405 e. The molecule has 1 saturated heterocycles. The summed E-state index contributed by atoms with van der Waals surface area (Å²) in [4.78, 5) is 25.4. The number of aromatic amines is 1. The van der Waals surface area contributed by atoms with Gasteiger partial charge in [0.2, 0.25) is 0 Å². The Bertz CT molecular complexity index is 637. The zero-order chi connectivity index (χ0) is 15.6. The van der Waals surface area contributed by atoms with E-state index in [4.69, 9.17) is 15.6 Å². The van der Waals surface area contributed by atoms with Crippen molar-refractivity contribution in [1.29, 1.82) is 0 Å². The Morgan fingerprint density at radius 3 is 2.67 bits per heavy atom. The molecule has 1 aromatic heterocycles. The normalized spacial score (nSPS) is 29.3. The van der Waals surface area contributed by atoms with Crippen molar-refractivity contribution >= 4 is 0 Å². The summed E-state index contributed by atoms with van der Waals surface area (Å²) in [5.74, 6) is 0. The Balaban J connectivity index is 2.48. The number of aliphatic hydroxyl groups is 3. The van der Waals surface area contributed by atoms with E-state index in [-0.39, 0.29) is 12.1 Å². The average Bonchev–Trinajstić information content (AvgIpc) is 2.72. The molecular formula is C12H17N3O6. The van der Waals surface area contributed by atoms with Crippen LogP contribution in [-0.4, -0.2) is 49.8 Å². The maximum absolute atomic E-state index is 12.0. The third kappa shape index (κ3) is 2.90. The Kier molecular flexibility index (Phi) is 4.58. The average molecular weight is 299 g/mol. The second-order valence-electron chi connectivity index (χ2n) is 4.66. The first-order chi connectivity index (χ1) is 9.99. The quantitative estimate of drug-likeness (QED) is 0.402. The molecule has 21 heavy (non-hydrogen) atoms. The number of H-pyrrole nitrogens is 1. The van der Waals surface area contributed by atoms with E-state index in [1.807, 2.05) is 0 Å². The highest BCUT2D eigenvalue weighted by Crippen LogP contribution is 2.28. The molecule has 0 bridgehead atoms. The van der Waals surface area contributed by atoms with Crippen LogP contribution in [-0.2, 0) is 11.2 Å². The smallest absolute Gasteiger partial charge is 0.330 e. The fourth-order valence-corrected chi connectivity index (χ4v) is 2.27. The molecular weight excluding hydrogens is 282 g/mol. The van der Waals surface area contributed by atoms with Gasteiger partial charge in [-0.3, -0.25) is 14.3 Å². The van der Waals surface area contributed by atoms with Gasteiger partial charge < -0.3 is 25.8 Å². The fraction of sp³-hybridized carbons (Fsp3) is 0.500. The van der Waals surface area contributed by atoms with E-state index in [2.05, 4.69) is 4.98 Å². The molecule has 116 valence electrons. The van der Waals surface area contributed by atoms with Gasteiger partial charge in [-0.15, -0.1) is 0 Å². The molecule has 6 N–H and O–H groups in total. The summed E-state index contributed by atoms with van der Waals surface area (Å²) < 4.78 is 6.33. The van der Waals surface area contributed by atoms with Gasteiger partial charge in [0.15, 0.2) is 6.23 Å². The van der Waals surface area contributed by atoms with Crippen LogP contribution in [0.15, 0.2) is 27.9 Å². The monoisotopic (exact) mass is 299 g/mol. The Morgan fingerprint density at radius 2 is 2.10 bits per heavy atom. The molecule has 0 radical (unpaired) electrons. The van der Waals surface area contributed by atoms with Gasteiger partial charge in [0.25, 0.3) is 5.56 Å². The van der Waals surface area contributed by atoms with Gasteiger partial charge in [0.1, 0.15) is 18.3 Å². The SMILES string of the molecule is NC=CCc1cc(=O)[nH]c(=O)n1[C@@H]1O[C@H](CO)[C@@H](O)[C@H]1O. The molecule has 0 saturated carbocycles. The molecule has 0 aromatic carbocycles. The zero-order valence-corrected chi connectivity index (χ0v) is 11.0. The minimum atomic E-state index is -1.41. The van der Waals surface area contributed by atoms with Gasteiger partial charge in [-0.25, -0.2) is 4.79 Å². The third-order valence-corrected chi connectivity index (χ3v) is 3.29. The van der Waals surface area contributed by atoms with Crippen LogP contribution in [0.1, 0.15) is 11.9 Å². The van der Waals surface area contributed by atoms with E-state index < -0.39 is 42.4 Å². The van der Waals surface area contributed by atoms with Gasteiger partial charge in [-0.1, -0.05) is 6.08 Å². The molecule has 9 heteroatoms. The molecule has 2 heterocycles. The van der Waals surface area contributed by atoms with Crippen molar-refractivity contribution < 1.29 is 20.1 Å². The first kappa shape index (κ1) is 15.4. The van der Waals surface area contributed by atoms with E-state index in [0.29, 0.717) is 0 Å². The van der Waals surface area contributed by atoms with Crippen molar-refractivity contribution in [3.05, 3.63) is 44.9 Å². The summed E-state index contributed by atoms with van der Waals surface area (Å²) in [6.45, 7) is -0.509. The van der Waals surface area contributed by atoms with Gasteiger partial charge in [0.05, 0.1) is 6.61 Å². The van der Waals surface area contributed by atoms with E-state index in [1.165, 1.54) is 18.3 Å². The van der Waals surface area contributed by atoms with E-state index in [1.54, 1.807) is 0 Å². The maximum atomic E-state index is 12.0. The van der Waals surface area contributed by atoms with Gasteiger partial charge in [-0.05, 0) is 6.20 Å². The standard InChI is InChI=1S/C12H17N3O6/c13-3-1-2-6-4-8(17)14-12(20)15(6)11-10(19)9(18)7(5-16)21-11/h1,3-4,7,9-11,16,18-19H,2,5,13H2,(H,14,17,20)/t7-,9-,10-,11-/m1/s1. The Hall–Kier alpha value is -1.94. The Morgan fingerprint density at radius 1 is 1.38 bits per heavy atom.